The van der Waals surface area contributed by atoms with Crippen molar-refractivity contribution in [2.45, 2.75) is 18.1 Å². The van der Waals surface area contributed by atoms with E-state index in [1.54, 1.807) is 17.0 Å². The van der Waals surface area contributed by atoms with Crippen LogP contribution in [0.4, 0.5) is 17.6 Å². The Labute approximate surface area is 182 Å². The SMILES string of the molecule is O=C(CN1CCN(S(=O)(=O)c2c(F)cccc2F)CC1)NCc1ccc(OC(F)F)cc1. The fourth-order valence-electron chi connectivity index (χ4n) is 3.23. The molecule has 0 spiro atoms. The molecule has 0 radical (unpaired) electrons. The Morgan fingerprint density at radius 2 is 1.59 bits per heavy atom. The van der Waals surface area contributed by atoms with E-state index in [0.29, 0.717) is 5.56 Å². The number of piperazine rings is 1. The van der Waals surface area contributed by atoms with E-state index < -0.39 is 33.2 Å². The normalized spacial score (nSPS) is 15.7. The third-order valence-electron chi connectivity index (χ3n) is 4.85. The summed E-state index contributed by atoms with van der Waals surface area (Å²) in [6.07, 6.45) is 0. The zero-order valence-electron chi connectivity index (χ0n) is 16.8. The average molecular weight is 475 g/mol. The molecule has 0 aromatic heterocycles. The molecule has 32 heavy (non-hydrogen) atoms. The monoisotopic (exact) mass is 475 g/mol. The zero-order chi connectivity index (χ0) is 23.3. The van der Waals surface area contributed by atoms with Crippen molar-refractivity contribution in [1.29, 1.82) is 0 Å². The maximum atomic E-state index is 13.9. The van der Waals surface area contributed by atoms with Crippen molar-refractivity contribution in [1.82, 2.24) is 14.5 Å². The highest BCUT2D eigenvalue weighted by molar-refractivity contribution is 7.89. The van der Waals surface area contributed by atoms with E-state index in [9.17, 15) is 30.8 Å². The number of ether oxygens (including phenoxy) is 1. The van der Waals surface area contributed by atoms with Gasteiger partial charge in [0, 0.05) is 32.7 Å². The summed E-state index contributed by atoms with van der Waals surface area (Å²) in [5, 5.41) is 2.69. The number of hydrogen-bond donors (Lipinski definition) is 1. The topological polar surface area (TPSA) is 79.0 Å². The molecule has 174 valence electrons. The molecule has 0 atom stereocenters. The first-order valence-electron chi connectivity index (χ1n) is 9.64. The molecule has 2 aromatic carbocycles. The molecule has 0 bridgehead atoms. The van der Waals surface area contributed by atoms with Crippen LogP contribution in [0.15, 0.2) is 47.4 Å². The molecule has 1 fully saturated rings. The van der Waals surface area contributed by atoms with E-state index in [1.807, 2.05) is 0 Å². The second-order valence-corrected chi connectivity index (χ2v) is 8.90. The minimum atomic E-state index is -4.33. The van der Waals surface area contributed by atoms with Gasteiger partial charge in [0.05, 0.1) is 6.54 Å². The van der Waals surface area contributed by atoms with E-state index >= 15 is 0 Å². The summed E-state index contributed by atoms with van der Waals surface area (Å²) >= 11 is 0. The Kier molecular flexibility index (Phi) is 7.69. The third kappa shape index (κ3) is 5.96. The highest BCUT2D eigenvalue weighted by Gasteiger charge is 2.33. The number of nitrogens with one attached hydrogen (secondary N) is 1. The number of alkyl halides is 2. The van der Waals surface area contributed by atoms with Crippen LogP contribution in [0.5, 0.6) is 5.75 Å². The van der Waals surface area contributed by atoms with Crippen molar-refractivity contribution >= 4 is 15.9 Å². The molecule has 7 nitrogen and oxygen atoms in total. The van der Waals surface area contributed by atoms with Crippen LogP contribution in [0.2, 0.25) is 0 Å². The quantitative estimate of drug-likeness (QED) is 0.593. The van der Waals surface area contributed by atoms with Gasteiger partial charge in [0.15, 0.2) is 4.90 Å². The van der Waals surface area contributed by atoms with Crippen LogP contribution in [-0.4, -0.2) is 62.9 Å². The molecule has 0 saturated carbocycles. The predicted octanol–water partition coefficient (Wildman–Crippen LogP) is 2.19. The lowest BCUT2D eigenvalue weighted by atomic mass is 10.2. The van der Waals surface area contributed by atoms with Gasteiger partial charge in [0.1, 0.15) is 17.4 Å². The van der Waals surface area contributed by atoms with Gasteiger partial charge in [-0.3, -0.25) is 9.69 Å². The molecule has 1 amide bonds. The molecule has 12 heteroatoms. The van der Waals surface area contributed by atoms with Crippen LogP contribution in [0.1, 0.15) is 5.56 Å². The maximum Gasteiger partial charge on any atom is 0.387 e. The first-order valence-corrected chi connectivity index (χ1v) is 11.1. The lowest BCUT2D eigenvalue weighted by Crippen LogP contribution is -2.51. The molecule has 1 heterocycles. The van der Waals surface area contributed by atoms with E-state index in [1.165, 1.54) is 12.1 Å². The first kappa shape index (κ1) is 24.0. The van der Waals surface area contributed by atoms with Crippen LogP contribution in [0.25, 0.3) is 0 Å². The van der Waals surface area contributed by atoms with Gasteiger partial charge in [-0.2, -0.15) is 13.1 Å². The number of halogens is 4. The fourth-order valence-corrected chi connectivity index (χ4v) is 4.77. The molecule has 1 aliphatic heterocycles. The van der Waals surface area contributed by atoms with Gasteiger partial charge in [-0.05, 0) is 29.8 Å². The summed E-state index contributed by atoms with van der Waals surface area (Å²) in [6.45, 7) is -2.35. The maximum absolute atomic E-state index is 13.9. The number of carbonyl (C=O) groups is 1. The van der Waals surface area contributed by atoms with Crippen LogP contribution >= 0.6 is 0 Å². The fraction of sp³-hybridized carbons (Fsp3) is 0.350. The number of nitrogens with zero attached hydrogens (tertiary/aromatic N) is 2. The molecule has 0 unspecified atom stereocenters. The zero-order valence-corrected chi connectivity index (χ0v) is 17.6. The van der Waals surface area contributed by atoms with Crippen LogP contribution in [0, 0.1) is 11.6 Å². The van der Waals surface area contributed by atoms with E-state index in [0.717, 1.165) is 22.5 Å². The highest BCUT2D eigenvalue weighted by Crippen LogP contribution is 2.23. The predicted molar refractivity (Wildman–Crippen MR) is 106 cm³/mol. The molecule has 2 aromatic rings. The smallest absolute Gasteiger partial charge is 0.387 e. The summed E-state index contributed by atoms with van der Waals surface area (Å²) in [5.41, 5.74) is 0.683. The number of sulfonamides is 1. The second-order valence-electron chi connectivity index (χ2n) is 7.03. The Hall–Kier alpha value is -2.70. The molecular formula is C20H21F4N3O4S. The Morgan fingerprint density at radius 1 is 1.00 bits per heavy atom. The van der Waals surface area contributed by atoms with E-state index in [2.05, 4.69) is 10.1 Å². The third-order valence-corrected chi connectivity index (χ3v) is 6.80. The molecule has 1 aliphatic rings. The molecule has 1 N–H and O–H groups in total. The summed E-state index contributed by atoms with van der Waals surface area (Å²) < 4.78 is 82.6. The lowest BCUT2D eigenvalue weighted by molar-refractivity contribution is -0.122. The number of rotatable bonds is 8. The largest absolute Gasteiger partial charge is 0.435 e. The van der Waals surface area contributed by atoms with Gasteiger partial charge in [-0.15, -0.1) is 0 Å². The number of amides is 1. The molecule has 1 saturated heterocycles. The highest BCUT2D eigenvalue weighted by atomic mass is 32.2. The summed E-state index contributed by atoms with van der Waals surface area (Å²) in [6, 6.07) is 8.68. The Balaban J connectivity index is 1.48. The number of hydrogen-bond acceptors (Lipinski definition) is 5. The van der Waals surface area contributed by atoms with Gasteiger partial charge in [-0.1, -0.05) is 18.2 Å². The van der Waals surface area contributed by atoms with E-state index in [-0.39, 0.29) is 50.9 Å². The summed E-state index contributed by atoms with van der Waals surface area (Å²) in [7, 11) is -4.33. The molecule has 0 aliphatic carbocycles. The van der Waals surface area contributed by atoms with Gasteiger partial charge in [0.2, 0.25) is 15.9 Å². The Morgan fingerprint density at radius 3 is 2.16 bits per heavy atom. The lowest BCUT2D eigenvalue weighted by Gasteiger charge is -2.33. The van der Waals surface area contributed by atoms with Crippen molar-refractivity contribution in [3.8, 4) is 5.75 Å². The van der Waals surface area contributed by atoms with E-state index in [4.69, 9.17) is 0 Å². The first-order chi connectivity index (χ1) is 15.2. The van der Waals surface area contributed by atoms with Crippen molar-refractivity contribution < 1.29 is 35.5 Å². The van der Waals surface area contributed by atoms with Gasteiger partial charge >= 0.3 is 6.61 Å². The van der Waals surface area contributed by atoms with Crippen molar-refractivity contribution in [2.24, 2.45) is 0 Å². The number of benzene rings is 2. The Bertz CT molecular complexity index is 1020. The van der Waals surface area contributed by atoms with Gasteiger partial charge in [0.25, 0.3) is 0 Å². The summed E-state index contributed by atoms with van der Waals surface area (Å²) in [5.74, 6) is -2.60. The minimum absolute atomic E-state index is 0.00846. The van der Waals surface area contributed by atoms with Crippen molar-refractivity contribution in [3.05, 3.63) is 59.7 Å². The van der Waals surface area contributed by atoms with Crippen molar-refractivity contribution in [2.75, 3.05) is 32.7 Å². The summed E-state index contributed by atoms with van der Waals surface area (Å²) in [4.78, 5) is 12.9. The molecular weight excluding hydrogens is 454 g/mol. The number of carbonyl (C=O) groups excluding carboxylic acids is 1. The standard InChI is InChI=1S/C20H21F4N3O4S/c21-16-2-1-3-17(22)19(16)32(29,30)27-10-8-26(9-11-27)13-18(28)25-12-14-4-6-15(7-5-14)31-20(23)24/h1-7,20H,8-13H2,(H,25,28). The van der Waals surface area contributed by atoms with Crippen LogP contribution < -0.4 is 10.1 Å². The van der Waals surface area contributed by atoms with Gasteiger partial charge in [-0.25, -0.2) is 17.2 Å². The molecule has 3 rings (SSSR count). The van der Waals surface area contributed by atoms with Crippen LogP contribution in [0.3, 0.4) is 0 Å². The average Bonchev–Trinajstić information content (AvgIpc) is 2.73. The van der Waals surface area contributed by atoms with Crippen LogP contribution in [-0.2, 0) is 21.4 Å². The van der Waals surface area contributed by atoms with Crippen molar-refractivity contribution in [3.63, 3.8) is 0 Å². The van der Waals surface area contributed by atoms with Gasteiger partial charge < -0.3 is 10.1 Å². The second kappa shape index (κ2) is 10.3. The minimum Gasteiger partial charge on any atom is -0.435 e.